The molecule has 3 aromatic rings. The van der Waals surface area contributed by atoms with Crippen molar-refractivity contribution in [3.63, 3.8) is 0 Å². The Bertz CT molecular complexity index is 1130. The molecule has 0 saturated heterocycles. The van der Waals surface area contributed by atoms with Crippen LogP contribution in [0.5, 0.6) is 0 Å². The van der Waals surface area contributed by atoms with Gasteiger partial charge in [0.15, 0.2) is 0 Å². The zero-order valence-corrected chi connectivity index (χ0v) is 18.4. The SMILES string of the molecule is CC(CNc1ccc(C(=O)N[C@H](C)C(=O)O)cc1)Cc1ccc(-c2nnc(C(F)(F)F)o2)cc1. The largest absolute Gasteiger partial charge is 0.480 e. The van der Waals surface area contributed by atoms with E-state index >= 15 is 0 Å². The van der Waals surface area contributed by atoms with Crippen molar-refractivity contribution >= 4 is 17.6 Å². The molecule has 11 heteroatoms. The highest BCUT2D eigenvalue weighted by Gasteiger charge is 2.38. The number of anilines is 1. The number of nitrogens with zero attached hydrogens (tertiary/aromatic N) is 2. The van der Waals surface area contributed by atoms with Crippen molar-refractivity contribution in [1.82, 2.24) is 15.5 Å². The lowest BCUT2D eigenvalue weighted by Crippen LogP contribution is -2.38. The molecular weight excluding hydrogens is 453 g/mol. The van der Waals surface area contributed by atoms with Crippen LogP contribution in [0.15, 0.2) is 52.9 Å². The van der Waals surface area contributed by atoms with Crippen molar-refractivity contribution in [2.75, 3.05) is 11.9 Å². The van der Waals surface area contributed by atoms with Gasteiger partial charge in [0.1, 0.15) is 6.04 Å². The van der Waals surface area contributed by atoms with E-state index in [0.29, 0.717) is 17.7 Å². The first-order valence-corrected chi connectivity index (χ1v) is 10.4. The number of halogens is 3. The van der Waals surface area contributed by atoms with E-state index in [1.807, 2.05) is 6.92 Å². The Morgan fingerprint density at radius 1 is 1.03 bits per heavy atom. The lowest BCUT2D eigenvalue weighted by molar-refractivity contribution is -0.157. The molecule has 2 aromatic carbocycles. The number of hydrogen-bond acceptors (Lipinski definition) is 6. The van der Waals surface area contributed by atoms with Crippen molar-refractivity contribution < 1.29 is 32.3 Å². The van der Waals surface area contributed by atoms with Crippen LogP contribution >= 0.6 is 0 Å². The molecule has 180 valence electrons. The number of aromatic nitrogens is 2. The van der Waals surface area contributed by atoms with Crippen LogP contribution in [0.3, 0.4) is 0 Å². The van der Waals surface area contributed by atoms with Crippen molar-refractivity contribution in [3.8, 4) is 11.5 Å². The Morgan fingerprint density at radius 2 is 1.68 bits per heavy atom. The Morgan fingerprint density at radius 3 is 2.24 bits per heavy atom. The first-order valence-electron chi connectivity index (χ1n) is 10.4. The average Bonchev–Trinajstić information content (AvgIpc) is 3.29. The first-order chi connectivity index (χ1) is 16.0. The van der Waals surface area contributed by atoms with Gasteiger partial charge in [0.25, 0.3) is 5.91 Å². The van der Waals surface area contributed by atoms with E-state index in [0.717, 1.165) is 17.7 Å². The molecule has 0 aliphatic carbocycles. The van der Waals surface area contributed by atoms with E-state index in [1.54, 1.807) is 48.5 Å². The zero-order chi connectivity index (χ0) is 24.9. The number of carbonyl (C=O) groups excluding carboxylic acids is 1. The summed E-state index contributed by atoms with van der Waals surface area (Å²) in [6.45, 7) is 4.07. The predicted molar refractivity (Wildman–Crippen MR) is 117 cm³/mol. The summed E-state index contributed by atoms with van der Waals surface area (Å²) in [5.74, 6) is -2.92. The van der Waals surface area contributed by atoms with Gasteiger partial charge < -0.3 is 20.2 Å². The molecular formula is C23H23F3N4O4. The van der Waals surface area contributed by atoms with E-state index in [1.165, 1.54) is 6.92 Å². The standard InChI is InChI=1S/C23H23F3N4O4/c1-13(12-27-18-9-7-16(8-10-18)19(31)28-14(2)21(32)33)11-15-3-5-17(6-4-15)20-29-30-22(34-20)23(24,25)26/h3-10,13-14,27H,11-12H2,1-2H3,(H,28,31)(H,32,33)/t13?,14-/m1/s1. The first kappa shape index (κ1) is 24.7. The number of benzene rings is 2. The summed E-state index contributed by atoms with van der Waals surface area (Å²) in [5.41, 5.74) is 2.56. The van der Waals surface area contributed by atoms with E-state index in [-0.39, 0.29) is 11.8 Å². The van der Waals surface area contributed by atoms with E-state index in [4.69, 9.17) is 5.11 Å². The highest BCUT2D eigenvalue weighted by molar-refractivity contribution is 5.96. The number of rotatable bonds is 9. The maximum atomic E-state index is 12.6. The predicted octanol–water partition coefficient (Wildman–Crippen LogP) is 4.25. The van der Waals surface area contributed by atoms with Gasteiger partial charge in [0.2, 0.25) is 5.89 Å². The van der Waals surface area contributed by atoms with Crippen LogP contribution in [0.25, 0.3) is 11.5 Å². The van der Waals surface area contributed by atoms with Crippen LogP contribution in [0, 0.1) is 5.92 Å². The fourth-order valence-electron chi connectivity index (χ4n) is 3.09. The molecule has 3 rings (SSSR count). The third kappa shape index (κ3) is 6.56. The minimum atomic E-state index is -4.68. The zero-order valence-electron chi connectivity index (χ0n) is 18.4. The van der Waals surface area contributed by atoms with Gasteiger partial charge in [-0.1, -0.05) is 19.1 Å². The summed E-state index contributed by atoms with van der Waals surface area (Å²) in [6, 6.07) is 12.6. The molecule has 2 atom stereocenters. The van der Waals surface area contributed by atoms with E-state index in [2.05, 4.69) is 25.2 Å². The maximum absolute atomic E-state index is 12.6. The van der Waals surface area contributed by atoms with Gasteiger partial charge in [-0.05, 0) is 61.2 Å². The minimum Gasteiger partial charge on any atom is -0.480 e. The molecule has 1 amide bonds. The summed E-state index contributed by atoms with van der Waals surface area (Å²) < 4.78 is 42.5. The fourth-order valence-corrected chi connectivity index (χ4v) is 3.09. The third-order valence-corrected chi connectivity index (χ3v) is 4.97. The third-order valence-electron chi connectivity index (χ3n) is 4.97. The van der Waals surface area contributed by atoms with Gasteiger partial charge in [0, 0.05) is 23.4 Å². The number of carboxylic acids is 1. The number of alkyl halides is 3. The highest BCUT2D eigenvalue weighted by atomic mass is 19.4. The topological polar surface area (TPSA) is 117 Å². The minimum absolute atomic E-state index is 0.192. The summed E-state index contributed by atoms with van der Waals surface area (Å²) >= 11 is 0. The molecule has 0 saturated carbocycles. The van der Waals surface area contributed by atoms with Gasteiger partial charge in [-0.15, -0.1) is 10.2 Å². The molecule has 34 heavy (non-hydrogen) atoms. The van der Waals surface area contributed by atoms with Crippen molar-refractivity contribution in [2.24, 2.45) is 5.92 Å². The molecule has 1 aromatic heterocycles. The van der Waals surface area contributed by atoms with Gasteiger partial charge in [-0.3, -0.25) is 9.59 Å². The number of aliphatic carboxylic acids is 1. The number of carboxylic acid groups (broad SMARTS) is 1. The number of amides is 1. The van der Waals surface area contributed by atoms with Gasteiger partial charge in [-0.25, -0.2) is 0 Å². The molecule has 1 heterocycles. The molecule has 1 unspecified atom stereocenters. The molecule has 0 bridgehead atoms. The number of hydrogen-bond donors (Lipinski definition) is 3. The second kappa shape index (κ2) is 10.4. The second-order valence-corrected chi connectivity index (χ2v) is 7.91. The normalized spacial score (nSPS) is 13.2. The van der Waals surface area contributed by atoms with Crippen LogP contribution in [0.4, 0.5) is 18.9 Å². The molecule has 0 aliphatic heterocycles. The highest BCUT2D eigenvalue weighted by Crippen LogP contribution is 2.30. The average molecular weight is 476 g/mol. The molecule has 0 aliphatic rings. The summed E-state index contributed by atoms with van der Waals surface area (Å²) in [4.78, 5) is 22.9. The van der Waals surface area contributed by atoms with Crippen molar-refractivity contribution in [3.05, 3.63) is 65.5 Å². The van der Waals surface area contributed by atoms with Crippen LogP contribution in [0.1, 0.15) is 35.7 Å². The lowest BCUT2D eigenvalue weighted by atomic mass is 10.00. The van der Waals surface area contributed by atoms with Gasteiger partial charge in [0.05, 0.1) is 0 Å². The quantitative estimate of drug-likeness (QED) is 0.423. The molecule has 0 fully saturated rings. The summed E-state index contributed by atoms with van der Waals surface area (Å²) in [7, 11) is 0. The lowest BCUT2D eigenvalue weighted by Gasteiger charge is -2.14. The number of nitrogens with one attached hydrogen (secondary N) is 2. The van der Waals surface area contributed by atoms with E-state index < -0.39 is 30.0 Å². The molecule has 0 spiro atoms. The molecule has 0 radical (unpaired) electrons. The van der Waals surface area contributed by atoms with Crippen LogP contribution < -0.4 is 10.6 Å². The maximum Gasteiger partial charge on any atom is 0.470 e. The van der Waals surface area contributed by atoms with Crippen LogP contribution in [-0.4, -0.2) is 39.8 Å². The molecule has 3 N–H and O–H groups in total. The van der Waals surface area contributed by atoms with Crippen LogP contribution in [-0.2, 0) is 17.4 Å². The van der Waals surface area contributed by atoms with Gasteiger partial charge in [-0.2, -0.15) is 13.2 Å². The number of carbonyl (C=O) groups is 2. The Labute approximate surface area is 193 Å². The van der Waals surface area contributed by atoms with Crippen LogP contribution in [0.2, 0.25) is 0 Å². The Balaban J connectivity index is 1.50. The Kier molecular flexibility index (Phi) is 7.54. The monoisotopic (exact) mass is 476 g/mol. The second-order valence-electron chi connectivity index (χ2n) is 7.91. The summed E-state index contributed by atoms with van der Waals surface area (Å²) in [6.07, 6.45) is -3.96. The van der Waals surface area contributed by atoms with Crippen molar-refractivity contribution in [1.29, 1.82) is 0 Å². The molecule has 8 nitrogen and oxygen atoms in total. The van der Waals surface area contributed by atoms with Gasteiger partial charge >= 0.3 is 18.0 Å². The summed E-state index contributed by atoms with van der Waals surface area (Å²) in [5, 5.41) is 21.0. The smallest absolute Gasteiger partial charge is 0.470 e. The van der Waals surface area contributed by atoms with Crippen molar-refractivity contribution in [2.45, 2.75) is 32.5 Å². The Hall–Kier alpha value is -3.89. The fraction of sp³-hybridized carbons (Fsp3) is 0.304. The van der Waals surface area contributed by atoms with E-state index in [9.17, 15) is 22.8 Å².